The normalized spacial score (nSPS) is 22.2. The highest BCUT2D eigenvalue weighted by molar-refractivity contribution is 5.79. The van der Waals surface area contributed by atoms with E-state index in [2.05, 4.69) is 43.2 Å². The topological polar surface area (TPSA) is 59.9 Å². The van der Waals surface area contributed by atoms with Gasteiger partial charge >= 0.3 is 0 Å². The SMILES string of the molecule is CCCC(CCO)CN=C(NCC)NCC(C)N1CCCCC1C. The van der Waals surface area contributed by atoms with Crippen molar-refractivity contribution < 1.29 is 5.11 Å². The number of nitrogens with zero attached hydrogens (tertiary/aromatic N) is 2. The van der Waals surface area contributed by atoms with Gasteiger partial charge in [0.05, 0.1) is 0 Å². The molecule has 0 aromatic rings. The molecule has 1 rings (SSSR count). The highest BCUT2D eigenvalue weighted by Crippen LogP contribution is 2.18. The molecular formula is C19H40N4O. The molecule has 0 aromatic heterocycles. The largest absolute Gasteiger partial charge is 0.396 e. The molecule has 1 fully saturated rings. The van der Waals surface area contributed by atoms with Gasteiger partial charge in [-0.2, -0.15) is 0 Å². The summed E-state index contributed by atoms with van der Waals surface area (Å²) in [6.07, 6.45) is 7.13. The molecule has 3 N–H and O–H groups in total. The van der Waals surface area contributed by atoms with Crippen LogP contribution in [0.15, 0.2) is 4.99 Å². The Morgan fingerprint density at radius 1 is 1.25 bits per heavy atom. The molecule has 3 atom stereocenters. The van der Waals surface area contributed by atoms with Crippen LogP contribution >= 0.6 is 0 Å². The molecule has 0 aromatic carbocycles. The van der Waals surface area contributed by atoms with Crippen LogP contribution in [0.2, 0.25) is 0 Å². The first kappa shape index (κ1) is 21.2. The van der Waals surface area contributed by atoms with Gasteiger partial charge in [0, 0.05) is 38.3 Å². The summed E-state index contributed by atoms with van der Waals surface area (Å²) in [5.41, 5.74) is 0. The maximum Gasteiger partial charge on any atom is 0.191 e. The predicted octanol–water partition coefficient (Wildman–Crippen LogP) is 2.60. The van der Waals surface area contributed by atoms with Crippen LogP contribution in [0.25, 0.3) is 0 Å². The molecule has 142 valence electrons. The molecule has 5 nitrogen and oxygen atoms in total. The van der Waals surface area contributed by atoms with Crippen molar-refractivity contribution in [2.45, 2.75) is 78.3 Å². The number of hydrogen-bond donors (Lipinski definition) is 3. The van der Waals surface area contributed by atoms with Crippen molar-refractivity contribution in [1.29, 1.82) is 0 Å². The summed E-state index contributed by atoms with van der Waals surface area (Å²) >= 11 is 0. The number of rotatable bonds is 10. The minimum atomic E-state index is 0.258. The van der Waals surface area contributed by atoms with Crippen molar-refractivity contribution in [1.82, 2.24) is 15.5 Å². The van der Waals surface area contributed by atoms with E-state index in [-0.39, 0.29) is 6.61 Å². The molecule has 1 aliphatic heterocycles. The number of aliphatic imine (C=N–C) groups is 1. The summed E-state index contributed by atoms with van der Waals surface area (Å²) in [6, 6.07) is 1.21. The summed E-state index contributed by atoms with van der Waals surface area (Å²) in [5, 5.41) is 16.1. The van der Waals surface area contributed by atoms with Crippen LogP contribution in [0, 0.1) is 5.92 Å². The number of nitrogens with one attached hydrogen (secondary N) is 2. The third-order valence-electron chi connectivity index (χ3n) is 5.07. The lowest BCUT2D eigenvalue weighted by Gasteiger charge is -2.38. The molecule has 1 aliphatic rings. The van der Waals surface area contributed by atoms with E-state index in [1.165, 1.54) is 25.8 Å². The summed E-state index contributed by atoms with van der Waals surface area (Å²) in [5.74, 6) is 1.39. The lowest BCUT2D eigenvalue weighted by molar-refractivity contribution is 0.115. The van der Waals surface area contributed by atoms with Crippen LogP contribution in [-0.2, 0) is 0 Å². The van der Waals surface area contributed by atoms with E-state index in [1.54, 1.807) is 0 Å². The first-order valence-electron chi connectivity index (χ1n) is 10.0. The molecule has 1 saturated heterocycles. The Balaban J connectivity index is 2.49. The number of piperidine rings is 1. The van der Waals surface area contributed by atoms with Crippen LogP contribution in [-0.4, -0.2) is 60.8 Å². The summed E-state index contributed by atoms with van der Waals surface area (Å²) in [6.45, 7) is 13.0. The maximum atomic E-state index is 9.19. The molecule has 0 spiro atoms. The molecule has 0 bridgehead atoms. The Morgan fingerprint density at radius 3 is 2.67 bits per heavy atom. The second kappa shape index (κ2) is 12.5. The van der Waals surface area contributed by atoms with E-state index in [4.69, 9.17) is 4.99 Å². The number of aliphatic hydroxyl groups is 1. The lowest BCUT2D eigenvalue weighted by atomic mass is 10.0. The Kier molecular flexibility index (Phi) is 11.1. The van der Waals surface area contributed by atoms with Crippen molar-refractivity contribution in [3.63, 3.8) is 0 Å². The van der Waals surface area contributed by atoms with Gasteiger partial charge in [0.1, 0.15) is 0 Å². The Morgan fingerprint density at radius 2 is 2.04 bits per heavy atom. The smallest absolute Gasteiger partial charge is 0.191 e. The Hall–Kier alpha value is -0.810. The maximum absolute atomic E-state index is 9.19. The van der Waals surface area contributed by atoms with Crippen LogP contribution in [0.5, 0.6) is 0 Å². The van der Waals surface area contributed by atoms with Gasteiger partial charge in [0.2, 0.25) is 0 Å². The quantitative estimate of drug-likeness (QED) is 0.423. The molecule has 0 radical (unpaired) electrons. The second-order valence-electron chi connectivity index (χ2n) is 7.20. The fourth-order valence-electron chi connectivity index (χ4n) is 3.62. The van der Waals surface area contributed by atoms with Gasteiger partial charge in [-0.1, -0.05) is 19.8 Å². The van der Waals surface area contributed by atoms with Gasteiger partial charge < -0.3 is 15.7 Å². The standard InChI is InChI=1S/C19H40N4O/c1-5-9-18(11-13-24)15-22-19(20-6-2)21-14-17(4)23-12-8-7-10-16(23)3/h16-18,24H,5-15H2,1-4H3,(H2,20,21,22). The fraction of sp³-hybridized carbons (Fsp3) is 0.947. The Labute approximate surface area is 149 Å². The molecule has 0 saturated carbocycles. The molecule has 5 heteroatoms. The third kappa shape index (κ3) is 7.84. The van der Waals surface area contributed by atoms with E-state index >= 15 is 0 Å². The Bertz CT molecular complexity index is 342. The van der Waals surface area contributed by atoms with Crippen molar-refractivity contribution in [3.8, 4) is 0 Å². The average Bonchev–Trinajstić information content (AvgIpc) is 2.57. The summed E-state index contributed by atoms with van der Waals surface area (Å²) in [7, 11) is 0. The first-order chi connectivity index (χ1) is 11.6. The number of likely N-dealkylation sites (tertiary alicyclic amines) is 1. The minimum absolute atomic E-state index is 0.258. The van der Waals surface area contributed by atoms with Crippen molar-refractivity contribution in [2.24, 2.45) is 10.9 Å². The van der Waals surface area contributed by atoms with Gasteiger partial charge in [-0.3, -0.25) is 9.89 Å². The number of hydrogen-bond acceptors (Lipinski definition) is 3. The van der Waals surface area contributed by atoms with Crippen LogP contribution in [0.3, 0.4) is 0 Å². The van der Waals surface area contributed by atoms with Gasteiger partial charge in [-0.25, -0.2) is 0 Å². The zero-order valence-electron chi connectivity index (χ0n) is 16.4. The third-order valence-corrected chi connectivity index (χ3v) is 5.07. The summed E-state index contributed by atoms with van der Waals surface area (Å²) < 4.78 is 0. The van der Waals surface area contributed by atoms with Gasteiger partial charge in [-0.15, -0.1) is 0 Å². The highest BCUT2D eigenvalue weighted by Gasteiger charge is 2.23. The fourth-order valence-corrected chi connectivity index (χ4v) is 3.62. The minimum Gasteiger partial charge on any atom is -0.396 e. The van der Waals surface area contributed by atoms with Gasteiger partial charge in [0.15, 0.2) is 5.96 Å². The van der Waals surface area contributed by atoms with Crippen molar-refractivity contribution in [3.05, 3.63) is 0 Å². The zero-order valence-corrected chi connectivity index (χ0v) is 16.4. The first-order valence-corrected chi connectivity index (χ1v) is 10.0. The predicted molar refractivity (Wildman–Crippen MR) is 104 cm³/mol. The summed E-state index contributed by atoms with van der Waals surface area (Å²) in [4.78, 5) is 7.37. The van der Waals surface area contributed by atoms with Crippen molar-refractivity contribution >= 4 is 5.96 Å². The van der Waals surface area contributed by atoms with E-state index in [0.717, 1.165) is 44.9 Å². The van der Waals surface area contributed by atoms with Gasteiger partial charge in [0.25, 0.3) is 0 Å². The van der Waals surface area contributed by atoms with E-state index in [0.29, 0.717) is 18.0 Å². The molecule has 3 unspecified atom stereocenters. The monoisotopic (exact) mass is 340 g/mol. The molecule has 24 heavy (non-hydrogen) atoms. The zero-order chi connectivity index (χ0) is 17.8. The molecule has 0 aliphatic carbocycles. The second-order valence-corrected chi connectivity index (χ2v) is 7.20. The van der Waals surface area contributed by atoms with E-state index < -0.39 is 0 Å². The molecule has 1 heterocycles. The number of aliphatic hydroxyl groups excluding tert-OH is 1. The highest BCUT2D eigenvalue weighted by atomic mass is 16.3. The van der Waals surface area contributed by atoms with E-state index in [9.17, 15) is 5.11 Å². The van der Waals surface area contributed by atoms with E-state index in [1.807, 2.05) is 0 Å². The van der Waals surface area contributed by atoms with Gasteiger partial charge in [-0.05, 0) is 58.9 Å². The van der Waals surface area contributed by atoms with Crippen molar-refractivity contribution in [2.75, 3.05) is 32.8 Å². The lowest BCUT2D eigenvalue weighted by Crippen LogP contribution is -2.50. The van der Waals surface area contributed by atoms with Crippen LogP contribution in [0.1, 0.15) is 66.2 Å². The molecular weight excluding hydrogens is 300 g/mol. The average molecular weight is 341 g/mol. The van der Waals surface area contributed by atoms with Crippen LogP contribution in [0.4, 0.5) is 0 Å². The molecule has 0 amide bonds. The number of guanidine groups is 1. The van der Waals surface area contributed by atoms with Crippen LogP contribution < -0.4 is 10.6 Å².